The summed E-state index contributed by atoms with van der Waals surface area (Å²) >= 11 is 6.60. The molecule has 0 aliphatic heterocycles. The van der Waals surface area contributed by atoms with Crippen LogP contribution in [0, 0.1) is 0 Å². The summed E-state index contributed by atoms with van der Waals surface area (Å²) in [5.74, 6) is 0.105. The quantitative estimate of drug-likeness (QED) is 0.331. The molecule has 2 amide bonds. The monoisotopic (exact) mass is 480 g/mol. The van der Waals surface area contributed by atoms with E-state index in [0.29, 0.717) is 22.1 Å². The number of hydrogen-bond acceptors (Lipinski definition) is 7. The SMILES string of the molecule is CC(C)Oc1cccc(C(=O)NC(=S)Nc2ccc3nc(NC(=O)c4ccco4)sc3c2)c1. The molecule has 4 aromatic rings. The largest absolute Gasteiger partial charge is 0.491 e. The van der Waals surface area contributed by atoms with Gasteiger partial charge in [0.1, 0.15) is 5.75 Å². The van der Waals surface area contributed by atoms with Crippen LogP contribution in [0.2, 0.25) is 0 Å². The van der Waals surface area contributed by atoms with E-state index in [4.69, 9.17) is 21.4 Å². The Morgan fingerprint density at radius 3 is 2.67 bits per heavy atom. The first-order valence-electron chi connectivity index (χ1n) is 10.0. The van der Waals surface area contributed by atoms with Crippen molar-refractivity contribution in [1.29, 1.82) is 0 Å². The van der Waals surface area contributed by atoms with Gasteiger partial charge in [-0.05, 0) is 74.6 Å². The molecule has 2 aromatic heterocycles. The van der Waals surface area contributed by atoms with Crippen molar-refractivity contribution in [1.82, 2.24) is 10.3 Å². The van der Waals surface area contributed by atoms with Crippen molar-refractivity contribution in [2.75, 3.05) is 10.6 Å². The zero-order valence-corrected chi connectivity index (χ0v) is 19.4. The van der Waals surface area contributed by atoms with Crippen LogP contribution in [0.5, 0.6) is 5.75 Å². The first kappa shape index (κ1) is 22.4. The zero-order valence-electron chi connectivity index (χ0n) is 17.7. The molecule has 0 fully saturated rings. The lowest BCUT2D eigenvalue weighted by Crippen LogP contribution is -2.34. The number of hydrogen-bond donors (Lipinski definition) is 3. The van der Waals surface area contributed by atoms with Gasteiger partial charge >= 0.3 is 0 Å². The third-order valence-corrected chi connectivity index (χ3v) is 5.44. The lowest BCUT2D eigenvalue weighted by molar-refractivity contribution is 0.0974. The molecule has 2 aromatic carbocycles. The number of fused-ring (bicyclic) bond motifs is 1. The van der Waals surface area contributed by atoms with Crippen molar-refractivity contribution in [2.45, 2.75) is 20.0 Å². The number of aromatic nitrogens is 1. The highest BCUT2D eigenvalue weighted by atomic mass is 32.1. The summed E-state index contributed by atoms with van der Waals surface area (Å²) in [4.78, 5) is 29.1. The summed E-state index contributed by atoms with van der Waals surface area (Å²) in [6.07, 6.45) is 1.44. The molecule has 168 valence electrons. The summed E-state index contributed by atoms with van der Waals surface area (Å²) in [6, 6.07) is 15.5. The molecule has 0 spiro atoms. The number of thiazole rings is 1. The van der Waals surface area contributed by atoms with Crippen LogP contribution in [0.15, 0.2) is 65.3 Å². The maximum atomic E-state index is 12.5. The lowest BCUT2D eigenvalue weighted by Gasteiger charge is -2.12. The first-order chi connectivity index (χ1) is 15.9. The van der Waals surface area contributed by atoms with Crippen LogP contribution >= 0.6 is 23.6 Å². The number of ether oxygens (including phenoxy) is 1. The Kier molecular flexibility index (Phi) is 6.66. The van der Waals surface area contributed by atoms with Crippen LogP contribution in [0.3, 0.4) is 0 Å². The maximum absolute atomic E-state index is 12.5. The number of furan rings is 1. The van der Waals surface area contributed by atoms with Gasteiger partial charge in [-0.25, -0.2) is 4.98 Å². The number of benzene rings is 2. The number of nitrogens with zero attached hydrogens (tertiary/aromatic N) is 1. The maximum Gasteiger partial charge on any atom is 0.293 e. The number of amides is 2. The van der Waals surface area contributed by atoms with E-state index in [9.17, 15) is 9.59 Å². The van der Waals surface area contributed by atoms with E-state index in [-0.39, 0.29) is 28.8 Å². The third kappa shape index (κ3) is 5.73. The molecule has 0 aliphatic carbocycles. The minimum Gasteiger partial charge on any atom is -0.491 e. The second-order valence-electron chi connectivity index (χ2n) is 7.24. The molecule has 33 heavy (non-hydrogen) atoms. The fourth-order valence-corrected chi connectivity index (χ4v) is 4.05. The van der Waals surface area contributed by atoms with Gasteiger partial charge in [-0.2, -0.15) is 0 Å². The molecule has 8 nitrogen and oxygen atoms in total. The summed E-state index contributed by atoms with van der Waals surface area (Å²) in [5.41, 5.74) is 1.83. The molecular formula is C23H20N4O4S2. The molecule has 2 heterocycles. The first-order valence-corrected chi connectivity index (χ1v) is 11.2. The van der Waals surface area contributed by atoms with Crippen LogP contribution in [0.1, 0.15) is 34.8 Å². The van der Waals surface area contributed by atoms with E-state index >= 15 is 0 Å². The summed E-state index contributed by atoms with van der Waals surface area (Å²) in [5, 5.41) is 8.99. The standard InChI is InChI=1S/C23H20N4O4S2/c1-13(2)31-16-6-3-5-14(11-16)20(28)26-22(32)24-15-8-9-17-19(12-15)33-23(25-17)27-21(29)18-7-4-10-30-18/h3-13H,1-2H3,(H,25,27,29)(H2,24,26,28,32). The normalized spacial score (nSPS) is 10.8. The number of carbonyl (C=O) groups excluding carboxylic acids is 2. The van der Waals surface area contributed by atoms with Crippen molar-refractivity contribution in [2.24, 2.45) is 0 Å². The Bertz CT molecular complexity index is 1320. The molecule has 0 unspecified atom stereocenters. The highest BCUT2D eigenvalue weighted by Crippen LogP contribution is 2.28. The summed E-state index contributed by atoms with van der Waals surface area (Å²) < 4.78 is 11.6. The Morgan fingerprint density at radius 2 is 1.91 bits per heavy atom. The van der Waals surface area contributed by atoms with Crippen LogP contribution in [0.25, 0.3) is 10.2 Å². The molecule has 0 bridgehead atoms. The van der Waals surface area contributed by atoms with Gasteiger partial charge in [0.05, 0.1) is 22.6 Å². The Labute approximate surface area is 199 Å². The van der Waals surface area contributed by atoms with Gasteiger partial charge in [0.25, 0.3) is 11.8 Å². The fourth-order valence-electron chi connectivity index (χ4n) is 2.94. The van der Waals surface area contributed by atoms with Gasteiger partial charge in [0, 0.05) is 11.3 Å². The van der Waals surface area contributed by atoms with Crippen LogP contribution in [0.4, 0.5) is 10.8 Å². The Balaban J connectivity index is 1.39. The van der Waals surface area contributed by atoms with Gasteiger partial charge in [-0.15, -0.1) is 0 Å². The number of rotatable bonds is 6. The van der Waals surface area contributed by atoms with Gasteiger partial charge in [0.2, 0.25) is 0 Å². The predicted octanol–water partition coefficient (Wildman–Crippen LogP) is 5.06. The van der Waals surface area contributed by atoms with E-state index in [1.165, 1.54) is 17.6 Å². The van der Waals surface area contributed by atoms with Gasteiger partial charge in [0.15, 0.2) is 16.0 Å². The van der Waals surface area contributed by atoms with Crippen LogP contribution < -0.4 is 20.7 Å². The van der Waals surface area contributed by atoms with Crippen molar-refractivity contribution >= 4 is 61.5 Å². The minimum atomic E-state index is -0.371. The van der Waals surface area contributed by atoms with Crippen LogP contribution in [-0.4, -0.2) is 28.0 Å². The van der Waals surface area contributed by atoms with E-state index < -0.39 is 0 Å². The fraction of sp³-hybridized carbons (Fsp3) is 0.130. The molecule has 0 saturated heterocycles. The van der Waals surface area contributed by atoms with Gasteiger partial charge < -0.3 is 14.5 Å². The second kappa shape index (κ2) is 9.80. The highest BCUT2D eigenvalue weighted by molar-refractivity contribution is 7.80. The molecule has 0 atom stereocenters. The molecule has 0 radical (unpaired) electrons. The molecule has 3 N–H and O–H groups in total. The lowest BCUT2D eigenvalue weighted by atomic mass is 10.2. The second-order valence-corrected chi connectivity index (χ2v) is 8.67. The van der Waals surface area contributed by atoms with Crippen molar-refractivity contribution in [3.63, 3.8) is 0 Å². The van der Waals surface area contributed by atoms with Crippen molar-refractivity contribution < 1.29 is 18.7 Å². The van der Waals surface area contributed by atoms with E-state index in [1.54, 1.807) is 48.5 Å². The molecule has 10 heteroatoms. The van der Waals surface area contributed by atoms with E-state index in [2.05, 4.69) is 20.9 Å². The van der Waals surface area contributed by atoms with E-state index in [1.807, 2.05) is 19.9 Å². The average molecular weight is 481 g/mol. The van der Waals surface area contributed by atoms with Gasteiger partial charge in [-0.1, -0.05) is 17.4 Å². The van der Waals surface area contributed by atoms with E-state index in [0.717, 1.165) is 10.2 Å². The van der Waals surface area contributed by atoms with Crippen molar-refractivity contribution in [3.8, 4) is 5.75 Å². The summed E-state index contributed by atoms with van der Waals surface area (Å²) in [7, 11) is 0. The van der Waals surface area contributed by atoms with Gasteiger partial charge in [-0.3, -0.25) is 20.2 Å². The predicted molar refractivity (Wildman–Crippen MR) is 132 cm³/mol. The molecule has 4 rings (SSSR count). The molecule has 0 aliphatic rings. The number of nitrogens with one attached hydrogen (secondary N) is 3. The number of anilines is 2. The topological polar surface area (TPSA) is 105 Å². The minimum absolute atomic E-state index is 0.00619. The van der Waals surface area contributed by atoms with Crippen LogP contribution in [-0.2, 0) is 0 Å². The highest BCUT2D eigenvalue weighted by Gasteiger charge is 2.13. The van der Waals surface area contributed by atoms with Crippen molar-refractivity contribution in [3.05, 3.63) is 72.2 Å². The zero-order chi connectivity index (χ0) is 23.4. The number of thiocarbonyl (C=S) groups is 1. The molecular weight excluding hydrogens is 460 g/mol. The molecule has 0 saturated carbocycles. The Hall–Kier alpha value is -3.76. The summed E-state index contributed by atoms with van der Waals surface area (Å²) in [6.45, 7) is 3.84. The smallest absolute Gasteiger partial charge is 0.293 e. The Morgan fingerprint density at radius 1 is 1.06 bits per heavy atom. The average Bonchev–Trinajstić information content (AvgIpc) is 3.42. The number of carbonyl (C=O) groups is 2. The third-order valence-electron chi connectivity index (χ3n) is 4.31.